The van der Waals surface area contributed by atoms with Gasteiger partial charge in [-0.15, -0.1) is 0 Å². The van der Waals surface area contributed by atoms with Crippen molar-refractivity contribution in [2.45, 2.75) is 103 Å². The van der Waals surface area contributed by atoms with Crippen LogP contribution >= 0.6 is 0 Å². The predicted octanol–water partition coefficient (Wildman–Crippen LogP) is 5.21. The summed E-state index contributed by atoms with van der Waals surface area (Å²) < 4.78 is 13.1. The van der Waals surface area contributed by atoms with Crippen molar-refractivity contribution in [3.05, 3.63) is 53.3 Å². The normalized spacial score (nSPS) is 18.5. The summed E-state index contributed by atoms with van der Waals surface area (Å²) in [7, 11) is -2.32. The van der Waals surface area contributed by atoms with Gasteiger partial charge in [0.25, 0.3) is 5.91 Å². The van der Waals surface area contributed by atoms with Gasteiger partial charge in [0.1, 0.15) is 18.2 Å². The van der Waals surface area contributed by atoms with Crippen LogP contribution < -0.4 is 10.8 Å². The molecule has 0 aliphatic carbocycles. The maximum Gasteiger partial charge on any atom is 0.407 e. The fourth-order valence-electron chi connectivity index (χ4n) is 4.74. The Morgan fingerprint density at radius 2 is 1.77 bits per heavy atom. The second-order valence-electron chi connectivity index (χ2n) is 13.6. The van der Waals surface area contributed by atoms with Crippen LogP contribution in [0.15, 0.2) is 36.5 Å². The lowest BCUT2D eigenvalue weighted by atomic mass is 9.97. The van der Waals surface area contributed by atoms with Crippen LogP contribution in [0.25, 0.3) is 0 Å². The van der Waals surface area contributed by atoms with E-state index in [0.29, 0.717) is 38.2 Å². The highest BCUT2D eigenvalue weighted by Gasteiger charge is 2.53. The highest BCUT2D eigenvalue weighted by molar-refractivity contribution is 6.74. The number of hydroxylamine groups is 3. The van der Waals surface area contributed by atoms with E-state index in [0.717, 1.165) is 11.1 Å². The minimum atomic E-state index is -2.32. The van der Waals surface area contributed by atoms with Crippen LogP contribution in [0.3, 0.4) is 0 Å². The average Bonchev–Trinajstić information content (AvgIpc) is 3.45. The van der Waals surface area contributed by atoms with Gasteiger partial charge in [-0.25, -0.2) is 15.1 Å². The van der Waals surface area contributed by atoms with Crippen LogP contribution in [0.5, 0.6) is 0 Å². The standard InChI is InChI=1S/C30H46N6O6Si/c1-29(2,3)41-27(38)31-16-12-13-17-35-24-22(18-32-35)23-19-34(25(24)26(37)33-42-43(7,8)30(4,5)6)28(39)36(23)40-20-21-14-10-9-11-15-21/h9-11,14-15,18,23,25H,12-13,16-17,19-20H2,1-8H3,(H,31,38)(H,33,37)/t23-,25-/m0/s1. The zero-order valence-electron chi connectivity index (χ0n) is 26.6. The molecule has 1 aromatic heterocycles. The molecule has 2 aliphatic rings. The molecule has 1 fully saturated rings. The Morgan fingerprint density at radius 1 is 1.07 bits per heavy atom. The smallest absolute Gasteiger partial charge is 0.407 e. The number of unbranched alkanes of at least 4 members (excludes halogenated alkanes) is 1. The molecule has 2 atom stereocenters. The molecule has 0 radical (unpaired) electrons. The van der Waals surface area contributed by atoms with Gasteiger partial charge in [0, 0.05) is 18.7 Å². The first-order valence-electron chi connectivity index (χ1n) is 14.9. The third kappa shape index (κ3) is 7.57. The Bertz CT molecular complexity index is 1300. The Labute approximate surface area is 255 Å². The largest absolute Gasteiger partial charge is 0.444 e. The number of nitrogens with one attached hydrogen (secondary N) is 2. The summed E-state index contributed by atoms with van der Waals surface area (Å²) in [5.41, 5.74) is 4.49. The van der Waals surface area contributed by atoms with Crippen molar-refractivity contribution in [2.24, 2.45) is 0 Å². The second-order valence-corrected chi connectivity index (χ2v) is 18.3. The van der Waals surface area contributed by atoms with Gasteiger partial charge >= 0.3 is 12.1 Å². The number of nitrogens with zero attached hydrogens (tertiary/aromatic N) is 4. The highest BCUT2D eigenvalue weighted by Crippen LogP contribution is 2.44. The second kappa shape index (κ2) is 12.7. The average molecular weight is 615 g/mol. The number of carbonyl (C=O) groups is 3. The lowest BCUT2D eigenvalue weighted by Crippen LogP contribution is -2.50. The molecule has 3 heterocycles. The van der Waals surface area contributed by atoms with E-state index in [1.54, 1.807) is 10.9 Å². The molecule has 2 aromatic rings. The predicted molar refractivity (Wildman–Crippen MR) is 163 cm³/mol. The van der Waals surface area contributed by atoms with E-state index in [1.807, 2.05) is 64.2 Å². The molecule has 2 aliphatic heterocycles. The summed E-state index contributed by atoms with van der Waals surface area (Å²) in [6.45, 7) is 17.3. The summed E-state index contributed by atoms with van der Waals surface area (Å²) in [5.74, 6) is -0.420. The molecule has 4 amide bonds. The maximum atomic E-state index is 13.8. The minimum absolute atomic E-state index is 0.121. The molecule has 4 rings (SSSR count). The van der Waals surface area contributed by atoms with E-state index in [4.69, 9.17) is 14.1 Å². The third-order valence-electron chi connectivity index (χ3n) is 8.07. The molecule has 2 bridgehead atoms. The van der Waals surface area contributed by atoms with Crippen LogP contribution in [-0.2, 0) is 32.0 Å². The SMILES string of the molecule is CC(C)(C)OC(=O)NCCCCn1ncc2c1[C@@H](C(=O)NO[Si](C)(C)C(C)(C)C)N1C[C@@H]2N(OCc2ccccc2)C1=O. The number of urea groups is 1. The van der Waals surface area contributed by atoms with Crippen molar-refractivity contribution in [2.75, 3.05) is 13.1 Å². The van der Waals surface area contributed by atoms with E-state index < -0.39 is 38.0 Å². The number of benzene rings is 1. The number of hydrogen-bond donors (Lipinski definition) is 2. The summed E-state index contributed by atoms with van der Waals surface area (Å²) in [6, 6.07) is 7.91. The fraction of sp³-hybridized carbons (Fsp3) is 0.600. The van der Waals surface area contributed by atoms with Gasteiger partial charge in [0.2, 0.25) is 8.32 Å². The Balaban J connectivity index is 1.51. The number of aryl methyl sites for hydroxylation is 1. The molecule has 13 heteroatoms. The van der Waals surface area contributed by atoms with E-state index in [-0.39, 0.29) is 17.7 Å². The summed E-state index contributed by atoms with van der Waals surface area (Å²) in [6.07, 6.45) is 2.63. The number of carbonyl (C=O) groups excluding carboxylic acids is 3. The van der Waals surface area contributed by atoms with Crippen molar-refractivity contribution in [3.8, 4) is 0 Å². The van der Waals surface area contributed by atoms with Crippen LogP contribution in [0.1, 0.15) is 83.3 Å². The lowest BCUT2D eigenvalue weighted by molar-refractivity contribution is -0.141. The molecule has 0 unspecified atom stereocenters. The molecular formula is C30H46N6O6Si. The van der Waals surface area contributed by atoms with Crippen LogP contribution in [0.4, 0.5) is 9.59 Å². The zero-order chi connectivity index (χ0) is 31.6. The number of fused-ring (bicyclic) bond motifs is 4. The van der Waals surface area contributed by atoms with Gasteiger partial charge in [-0.2, -0.15) is 10.2 Å². The molecule has 1 saturated heterocycles. The summed E-state index contributed by atoms with van der Waals surface area (Å²) >= 11 is 0. The van der Waals surface area contributed by atoms with Gasteiger partial charge < -0.3 is 19.5 Å². The van der Waals surface area contributed by atoms with Crippen molar-refractivity contribution in [1.82, 2.24) is 30.5 Å². The fourth-order valence-corrected chi connectivity index (χ4v) is 5.40. The first-order valence-corrected chi connectivity index (χ1v) is 17.8. The molecule has 2 N–H and O–H groups in total. The number of rotatable bonds is 11. The Morgan fingerprint density at radius 3 is 2.42 bits per heavy atom. The molecular weight excluding hydrogens is 568 g/mol. The first kappa shape index (κ1) is 32.5. The molecule has 0 saturated carbocycles. The number of alkyl carbamates (subject to hydrolysis) is 1. The third-order valence-corrected chi connectivity index (χ3v) is 12.3. The van der Waals surface area contributed by atoms with Crippen molar-refractivity contribution < 1.29 is 28.5 Å². The number of aromatic nitrogens is 2. The van der Waals surface area contributed by atoms with Crippen LogP contribution in [0.2, 0.25) is 18.1 Å². The van der Waals surface area contributed by atoms with E-state index in [2.05, 4.69) is 36.7 Å². The van der Waals surface area contributed by atoms with Crippen molar-refractivity contribution in [1.29, 1.82) is 0 Å². The summed E-state index contributed by atoms with van der Waals surface area (Å²) in [4.78, 5) is 47.0. The van der Waals surface area contributed by atoms with E-state index in [1.165, 1.54) is 9.96 Å². The number of hydrogen-bond acceptors (Lipinski definition) is 7. The van der Waals surface area contributed by atoms with E-state index in [9.17, 15) is 14.4 Å². The Hall–Kier alpha value is -3.42. The molecule has 0 spiro atoms. The van der Waals surface area contributed by atoms with Gasteiger partial charge in [-0.05, 0) is 57.3 Å². The monoisotopic (exact) mass is 614 g/mol. The Kier molecular flexibility index (Phi) is 9.57. The quantitative estimate of drug-likeness (QED) is 0.202. The maximum absolute atomic E-state index is 13.8. The summed E-state index contributed by atoms with van der Waals surface area (Å²) in [5, 5.41) is 8.64. The minimum Gasteiger partial charge on any atom is -0.444 e. The van der Waals surface area contributed by atoms with Gasteiger partial charge in [-0.1, -0.05) is 51.1 Å². The number of ether oxygens (including phenoxy) is 1. The van der Waals surface area contributed by atoms with Gasteiger partial charge in [0.15, 0.2) is 6.04 Å². The van der Waals surface area contributed by atoms with Crippen LogP contribution in [0, 0.1) is 0 Å². The van der Waals surface area contributed by atoms with Crippen LogP contribution in [-0.4, -0.2) is 64.8 Å². The first-order chi connectivity index (χ1) is 20.1. The van der Waals surface area contributed by atoms with E-state index >= 15 is 0 Å². The number of amides is 4. The van der Waals surface area contributed by atoms with Crippen molar-refractivity contribution in [3.63, 3.8) is 0 Å². The highest BCUT2D eigenvalue weighted by atomic mass is 28.4. The lowest BCUT2D eigenvalue weighted by Gasteiger charge is -2.36. The van der Waals surface area contributed by atoms with Gasteiger partial charge in [-0.3, -0.25) is 14.3 Å². The zero-order valence-corrected chi connectivity index (χ0v) is 27.6. The topological polar surface area (TPSA) is 127 Å². The molecule has 1 aromatic carbocycles. The molecule has 236 valence electrons. The molecule has 12 nitrogen and oxygen atoms in total. The van der Waals surface area contributed by atoms with Gasteiger partial charge in [0.05, 0.1) is 18.4 Å². The van der Waals surface area contributed by atoms with Crippen molar-refractivity contribution >= 4 is 26.3 Å². The molecule has 43 heavy (non-hydrogen) atoms.